The second-order valence-corrected chi connectivity index (χ2v) is 5.64. The number of benzene rings is 2. The molecular weight excluding hydrogens is 352 g/mol. The summed E-state index contributed by atoms with van der Waals surface area (Å²) in [4.78, 5) is 42.6. The van der Waals surface area contributed by atoms with Crippen molar-refractivity contribution in [2.45, 2.75) is 6.92 Å². The maximum absolute atomic E-state index is 12.1. The van der Waals surface area contributed by atoms with E-state index in [1.807, 2.05) is 0 Å². The Morgan fingerprint density at radius 1 is 1.11 bits per heavy atom. The quantitative estimate of drug-likeness (QED) is 0.418. The van der Waals surface area contributed by atoms with Crippen molar-refractivity contribution in [1.82, 2.24) is 9.97 Å². The number of hydrogen-bond donors (Lipinski definition) is 1. The molecule has 0 fully saturated rings. The number of esters is 1. The zero-order valence-corrected chi connectivity index (χ0v) is 14.2. The van der Waals surface area contributed by atoms with Gasteiger partial charge in [-0.25, -0.2) is 4.79 Å². The van der Waals surface area contributed by atoms with Gasteiger partial charge in [0.05, 0.1) is 27.2 Å². The van der Waals surface area contributed by atoms with Crippen LogP contribution < -0.4 is 5.32 Å². The highest BCUT2D eigenvalue weighted by Crippen LogP contribution is 2.21. The van der Waals surface area contributed by atoms with Gasteiger partial charge in [0.1, 0.15) is 0 Å². The Morgan fingerprint density at radius 2 is 1.85 bits per heavy atom. The highest BCUT2D eigenvalue weighted by molar-refractivity contribution is 5.97. The zero-order chi connectivity index (χ0) is 19.4. The molecule has 0 aliphatic heterocycles. The first-order valence-corrected chi connectivity index (χ1v) is 7.87. The van der Waals surface area contributed by atoms with Crippen molar-refractivity contribution in [3.63, 3.8) is 0 Å². The van der Waals surface area contributed by atoms with E-state index in [9.17, 15) is 19.7 Å². The summed E-state index contributed by atoms with van der Waals surface area (Å²) >= 11 is 0. The van der Waals surface area contributed by atoms with Crippen LogP contribution in [0.15, 0.2) is 48.8 Å². The predicted molar refractivity (Wildman–Crippen MR) is 96.3 cm³/mol. The minimum Gasteiger partial charge on any atom is -0.452 e. The van der Waals surface area contributed by atoms with Gasteiger partial charge in [-0.3, -0.25) is 24.9 Å². The van der Waals surface area contributed by atoms with Crippen LogP contribution in [-0.2, 0) is 9.53 Å². The highest BCUT2D eigenvalue weighted by atomic mass is 16.6. The second kappa shape index (κ2) is 7.56. The lowest BCUT2D eigenvalue weighted by Crippen LogP contribution is -2.21. The molecule has 9 nitrogen and oxygen atoms in total. The number of aryl methyl sites for hydroxylation is 1. The highest BCUT2D eigenvalue weighted by Gasteiger charge is 2.14. The lowest BCUT2D eigenvalue weighted by atomic mass is 10.2. The summed E-state index contributed by atoms with van der Waals surface area (Å²) in [6.07, 6.45) is 3.05. The molecule has 2 aromatic carbocycles. The predicted octanol–water partition coefficient (Wildman–Crippen LogP) is 2.64. The number of nitro groups is 1. The summed E-state index contributed by atoms with van der Waals surface area (Å²) < 4.78 is 5.00. The van der Waals surface area contributed by atoms with E-state index in [0.29, 0.717) is 16.6 Å². The Morgan fingerprint density at radius 3 is 2.59 bits per heavy atom. The molecule has 0 atom stereocenters. The van der Waals surface area contributed by atoms with Gasteiger partial charge in [0.25, 0.3) is 11.6 Å². The standard InChI is InChI=1S/C18H14N4O5/c1-11-2-4-13(22(25)26)9-15(11)21-17(23)10-27-18(24)12-3-5-14-16(8-12)20-7-6-19-14/h2-9H,10H2,1H3,(H,21,23). The fourth-order valence-electron chi connectivity index (χ4n) is 2.35. The second-order valence-electron chi connectivity index (χ2n) is 5.64. The summed E-state index contributed by atoms with van der Waals surface area (Å²) in [7, 11) is 0. The fourth-order valence-corrected chi connectivity index (χ4v) is 2.35. The topological polar surface area (TPSA) is 124 Å². The number of ether oxygens (including phenoxy) is 1. The molecule has 0 saturated heterocycles. The van der Waals surface area contributed by atoms with Crippen LogP contribution in [0, 0.1) is 17.0 Å². The first-order valence-electron chi connectivity index (χ1n) is 7.87. The molecule has 136 valence electrons. The summed E-state index contributed by atoms with van der Waals surface area (Å²) in [5.74, 6) is -1.29. The van der Waals surface area contributed by atoms with Crippen LogP contribution in [0.4, 0.5) is 11.4 Å². The van der Waals surface area contributed by atoms with Crippen LogP contribution in [0.1, 0.15) is 15.9 Å². The van der Waals surface area contributed by atoms with Crippen molar-refractivity contribution in [2.24, 2.45) is 0 Å². The SMILES string of the molecule is Cc1ccc([N+](=O)[O-])cc1NC(=O)COC(=O)c1ccc2nccnc2c1. The molecule has 1 N–H and O–H groups in total. The summed E-state index contributed by atoms with van der Waals surface area (Å²) in [5, 5.41) is 13.3. The lowest BCUT2D eigenvalue weighted by Gasteiger charge is -2.09. The van der Waals surface area contributed by atoms with Crippen LogP contribution in [-0.4, -0.2) is 33.4 Å². The Labute approximate surface area is 153 Å². The van der Waals surface area contributed by atoms with Gasteiger partial charge in [0, 0.05) is 24.5 Å². The molecule has 3 rings (SSSR count). The van der Waals surface area contributed by atoms with E-state index in [4.69, 9.17) is 4.74 Å². The van der Waals surface area contributed by atoms with Crippen LogP contribution in [0.2, 0.25) is 0 Å². The maximum Gasteiger partial charge on any atom is 0.338 e. The number of fused-ring (bicyclic) bond motifs is 1. The molecule has 0 saturated carbocycles. The van der Waals surface area contributed by atoms with Crippen molar-refractivity contribution in [2.75, 3.05) is 11.9 Å². The van der Waals surface area contributed by atoms with Gasteiger partial charge >= 0.3 is 5.97 Å². The first kappa shape index (κ1) is 17.9. The van der Waals surface area contributed by atoms with Gasteiger partial charge in [-0.15, -0.1) is 0 Å². The van der Waals surface area contributed by atoms with Gasteiger partial charge < -0.3 is 10.1 Å². The van der Waals surface area contributed by atoms with E-state index in [2.05, 4.69) is 15.3 Å². The van der Waals surface area contributed by atoms with Crippen LogP contribution in [0.5, 0.6) is 0 Å². The molecule has 9 heteroatoms. The molecule has 0 bridgehead atoms. The summed E-state index contributed by atoms with van der Waals surface area (Å²) in [6.45, 7) is 1.17. The number of anilines is 1. The van der Waals surface area contributed by atoms with Gasteiger partial charge in [0.15, 0.2) is 6.61 Å². The third-order valence-corrected chi connectivity index (χ3v) is 3.75. The molecular formula is C18H14N4O5. The van der Waals surface area contributed by atoms with Gasteiger partial charge in [0.2, 0.25) is 0 Å². The molecule has 3 aromatic rings. The molecule has 27 heavy (non-hydrogen) atoms. The molecule has 0 spiro atoms. The van der Waals surface area contributed by atoms with E-state index in [0.717, 1.165) is 0 Å². The van der Waals surface area contributed by atoms with Crippen molar-refractivity contribution >= 4 is 34.3 Å². The Bertz CT molecular complexity index is 1050. The van der Waals surface area contributed by atoms with E-state index in [-0.39, 0.29) is 16.9 Å². The molecule has 1 amide bonds. The number of rotatable bonds is 5. The molecule has 0 aliphatic rings. The average Bonchev–Trinajstić information content (AvgIpc) is 2.67. The van der Waals surface area contributed by atoms with E-state index in [1.54, 1.807) is 19.2 Å². The van der Waals surface area contributed by atoms with Crippen molar-refractivity contribution in [1.29, 1.82) is 0 Å². The van der Waals surface area contributed by atoms with E-state index < -0.39 is 23.4 Å². The third-order valence-electron chi connectivity index (χ3n) is 3.75. The Balaban J connectivity index is 1.64. The third kappa shape index (κ3) is 4.21. The van der Waals surface area contributed by atoms with Gasteiger partial charge in [-0.1, -0.05) is 6.07 Å². The molecule has 1 aromatic heterocycles. The number of carbonyl (C=O) groups excluding carboxylic acids is 2. The van der Waals surface area contributed by atoms with Crippen molar-refractivity contribution in [3.05, 3.63) is 70.0 Å². The fraction of sp³-hybridized carbons (Fsp3) is 0.111. The van der Waals surface area contributed by atoms with Crippen LogP contribution >= 0.6 is 0 Å². The number of amides is 1. The number of carbonyl (C=O) groups is 2. The van der Waals surface area contributed by atoms with E-state index in [1.165, 1.54) is 36.5 Å². The smallest absolute Gasteiger partial charge is 0.338 e. The molecule has 0 aliphatic carbocycles. The van der Waals surface area contributed by atoms with Crippen molar-refractivity contribution < 1.29 is 19.2 Å². The van der Waals surface area contributed by atoms with Gasteiger partial charge in [-0.05, 0) is 30.7 Å². The minimum absolute atomic E-state index is 0.148. The number of nitrogens with one attached hydrogen (secondary N) is 1. The van der Waals surface area contributed by atoms with Crippen LogP contribution in [0.25, 0.3) is 11.0 Å². The number of non-ortho nitro benzene ring substituents is 1. The number of nitro benzene ring substituents is 1. The maximum atomic E-state index is 12.1. The van der Waals surface area contributed by atoms with E-state index >= 15 is 0 Å². The van der Waals surface area contributed by atoms with Gasteiger partial charge in [-0.2, -0.15) is 0 Å². The Hall–Kier alpha value is -3.88. The van der Waals surface area contributed by atoms with Crippen LogP contribution in [0.3, 0.4) is 0 Å². The lowest BCUT2D eigenvalue weighted by molar-refractivity contribution is -0.384. The van der Waals surface area contributed by atoms with Crippen molar-refractivity contribution in [3.8, 4) is 0 Å². The monoisotopic (exact) mass is 366 g/mol. The molecule has 1 heterocycles. The first-order chi connectivity index (χ1) is 12.9. The number of hydrogen-bond acceptors (Lipinski definition) is 7. The molecule has 0 unspecified atom stereocenters. The summed E-state index contributed by atoms with van der Waals surface area (Å²) in [5.41, 5.74) is 2.18. The number of aromatic nitrogens is 2. The zero-order valence-electron chi connectivity index (χ0n) is 14.2. The average molecular weight is 366 g/mol. The largest absolute Gasteiger partial charge is 0.452 e. The summed E-state index contributed by atoms with van der Waals surface area (Å²) in [6, 6.07) is 8.79. The number of nitrogens with zero attached hydrogens (tertiary/aromatic N) is 3. The normalized spacial score (nSPS) is 10.4. The Kier molecular flexibility index (Phi) is 5.02. The minimum atomic E-state index is -0.687. The molecule has 0 radical (unpaired) electrons.